The fraction of sp³-hybridized carbons (Fsp3) is 0.200. The van der Waals surface area contributed by atoms with E-state index in [1.54, 1.807) is 0 Å². The van der Waals surface area contributed by atoms with Crippen LogP contribution in [0.15, 0.2) is 48.5 Å². The number of anilines is 2. The minimum absolute atomic E-state index is 0.0598. The van der Waals surface area contributed by atoms with Crippen LogP contribution in [0.5, 0.6) is 5.75 Å². The number of para-hydroxylation sites is 1. The van der Waals surface area contributed by atoms with Gasteiger partial charge in [-0.15, -0.1) is 0 Å². The fourth-order valence-corrected chi connectivity index (χ4v) is 1.77. The average molecular weight is 296 g/mol. The van der Waals surface area contributed by atoms with E-state index in [-0.39, 0.29) is 5.69 Å². The molecule has 0 radical (unpaired) electrons. The third kappa shape index (κ3) is 4.30. The van der Waals surface area contributed by atoms with Gasteiger partial charge in [-0.3, -0.25) is 0 Å². The Morgan fingerprint density at radius 2 is 1.76 bits per heavy atom. The van der Waals surface area contributed by atoms with Crippen LogP contribution < -0.4 is 15.8 Å². The normalized spacial score (nSPS) is 11.2. The summed E-state index contributed by atoms with van der Waals surface area (Å²) in [5, 5.41) is 2.94. The van der Waals surface area contributed by atoms with Crippen molar-refractivity contribution in [1.82, 2.24) is 0 Å². The second kappa shape index (κ2) is 6.39. The Bertz CT molecular complexity index is 585. The van der Waals surface area contributed by atoms with Crippen molar-refractivity contribution in [1.29, 1.82) is 0 Å². The molecular weight excluding hydrogens is 281 g/mol. The molecule has 6 heteroatoms. The molecule has 2 aromatic rings. The van der Waals surface area contributed by atoms with Gasteiger partial charge in [-0.25, -0.2) is 0 Å². The zero-order valence-corrected chi connectivity index (χ0v) is 11.2. The van der Waals surface area contributed by atoms with Crippen LogP contribution >= 0.6 is 0 Å². The number of hydrogen-bond donors (Lipinski definition) is 2. The molecule has 3 nitrogen and oxygen atoms in total. The van der Waals surface area contributed by atoms with Crippen molar-refractivity contribution < 1.29 is 17.9 Å². The molecule has 2 aromatic carbocycles. The maximum Gasteiger partial charge on any atom is 0.416 e. The van der Waals surface area contributed by atoms with E-state index in [0.29, 0.717) is 18.8 Å². The van der Waals surface area contributed by atoms with Gasteiger partial charge in [-0.05, 0) is 30.3 Å². The van der Waals surface area contributed by atoms with Gasteiger partial charge in [-0.2, -0.15) is 13.2 Å². The van der Waals surface area contributed by atoms with Crippen molar-refractivity contribution >= 4 is 11.4 Å². The van der Waals surface area contributed by atoms with Gasteiger partial charge in [0.25, 0.3) is 0 Å². The second-order valence-corrected chi connectivity index (χ2v) is 4.39. The lowest BCUT2D eigenvalue weighted by Gasteiger charge is -2.13. The van der Waals surface area contributed by atoms with Crippen molar-refractivity contribution in [2.75, 3.05) is 24.2 Å². The molecule has 0 bridgehead atoms. The zero-order valence-electron chi connectivity index (χ0n) is 11.2. The average Bonchev–Trinajstić information content (AvgIpc) is 2.45. The smallest absolute Gasteiger partial charge is 0.416 e. The monoisotopic (exact) mass is 296 g/mol. The van der Waals surface area contributed by atoms with Crippen molar-refractivity contribution in [3.05, 3.63) is 54.1 Å². The number of ether oxygens (including phenoxy) is 1. The van der Waals surface area contributed by atoms with Gasteiger partial charge >= 0.3 is 6.18 Å². The lowest BCUT2D eigenvalue weighted by atomic mass is 10.1. The highest BCUT2D eigenvalue weighted by atomic mass is 19.4. The molecule has 0 heterocycles. The van der Waals surface area contributed by atoms with E-state index in [2.05, 4.69) is 5.32 Å². The van der Waals surface area contributed by atoms with E-state index in [4.69, 9.17) is 10.5 Å². The van der Waals surface area contributed by atoms with Gasteiger partial charge in [0.2, 0.25) is 0 Å². The quantitative estimate of drug-likeness (QED) is 0.652. The molecular formula is C15H15F3N2O. The molecule has 112 valence electrons. The number of nitrogens with one attached hydrogen (secondary N) is 1. The van der Waals surface area contributed by atoms with E-state index in [1.165, 1.54) is 6.07 Å². The standard InChI is InChI=1S/C15H15F3N2O/c16-15(17,18)11-6-7-14(13(19)10-11)20-8-9-21-12-4-2-1-3-5-12/h1-7,10,20H,8-9,19H2. The van der Waals surface area contributed by atoms with Crippen LogP contribution in [-0.4, -0.2) is 13.2 Å². The van der Waals surface area contributed by atoms with E-state index in [0.717, 1.165) is 17.9 Å². The van der Waals surface area contributed by atoms with E-state index in [9.17, 15) is 13.2 Å². The van der Waals surface area contributed by atoms with Crippen molar-refractivity contribution in [2.45, 2.75) is 6.18 Å². The Balaban J connectivity index is 1.86. The summed E-state index contributed by atoms with van der Waals surface area (Å²) in [5.74, 6) is 0.736. The van der Waals surface area contributed by atoms with Crippen LogP contribution in [0.3, 0.4) is 0 Å². The highest BCUT2D eigenvalue weighted by molar-refractivity contribution is 5.67. The van der Waals surface area contributed by atoms with Crippen LogP contribution in [0.2, 0.25) is 0 Å². The molecule has 0 saturated heterocycles. The SMILES string of the molecule is Nc1cc(C(F)(F)F)ccc1NCCOc1ccccc1. The second-order valence-electron chi connectivity index (χ2n) is 4.39. The van der Waals surface area contributed by atoms with Crippen LogP contribution in [0.4, 0.5) is 24.5 Å². The predicted molar refractivity (Wildman–Crippen MR) is 76.3 cm³/mol. The first-order valence-corrected chi connectivity index (χ1v) is 6.35. The summed E-state index contributed by atoms with van der Waals surface area (Å²) in [7, 11) is 0. The topological polar surface area (TPSA) is 47.3 Å². The first-order valence-electron chi connectivity index (χ1n) is 6.35. The van der Waals surface area contributed by atoms with Crippen LogP contribution in [0, 0.1) is 0 Å². The first kappa shape index (κ1) is 15.0. The summed E-state index contributed by atoms with van der Waals surface area (Å²) in [4.78, 5) is 0. The summed E-state index contributed by atoms with van der Waals surface area (Å²) >= 11 is 0. The number of nitrogen functional groups attached to an aromatic ring is 1. The maximum absolute atomic E-state index is 12.5. The van der Waals surface area contributed by atoms with E-state index < -0.39 is 11.7 Å². The molecule has 0 spiro atoms. The Hall–Kier alpha value is -2.37. The summed E-state index contributed by atoms with van der Waals surface area (Å²) in [5.41, 5.74) is 5.37. The molecule has 0 aliphatic carbocycles. The van der Waals surface area contributed by atoms with Crippen LogP contribution in [0.25, 0.3) is 0 Å². The maximum atomic E-state index is 12.5. The molecule has 0 amide bonds. The molecule has 3 N–H and O–H groups in total. The molecule has 0 aromatic heterocycles. The fourth-order valence-electron chi connectivity index (χ4n) is 1.77. The van der Waals surface area contributed by atoms with Gasteiger partial charge in [0.15, 0.2) is 0 Å². The van der Waals surface area contributed by atoms with Gasteiger partial charge < -0.3 is 15.8 Å². The predicted octanol–water partition coefficient (Wildman–Crippen LogP) is 3.78. The van der Waals surface area contributed by atoms with Crippen LogP contribution in [0.1, 0.15) is 5.56 Å². The number of nitrogens with two attached hydrogens (primary N) is 1. The van der Waals surface area contributed by atoms with Crippen LogP contribution in [-0.2, 0) is 6.18 Å². The van der Waals surface area contributed by atoms with E-state index >= 15 is 0 Å². The Morgan fingerprint density at radius 1 is 1.05 bits per heavy atom. The third-order valence-electron chi connectivity index (χ3n) is 2.81. The zero-order chi connectivity index (χ0) is 15.3. The molecule has 2 rings (SSSR count). The first-order chi connectivity index (χ1) is 9.97. The third-order valence-corrected chi connectivity index (χ3v) is 2.81. The Labute approximate surface area is 120 Å². The van der Waals surface area contributed by atoms with Crippen molar-refractivity contribution in [3.63, 3.8) is 0 Å². The number of benzene rings is 2. The van der Waals surface area contributed by atoms with Crippen molar-refractivity contribution in [3.8, 4) is 5.75 Å². The lowest BCUT2D eigenvalue weighted by molar-refractivity contribution is -0.137. The van der Waals surface area contributed by atoms with Gasteiger partial charge in [0.05, 0.1) is 16.9 Å². The Morgan fingerprint density at radius 3 is 2.38 bits per heavy atom. The lowest BCUT2D eigenvalue weighted by Crippen LogP contribution is -2.13. The number of rotatable bonds is 5. The largest absolute Gasteiger partial charge is 0.492 e. The number of halogens is 3. The molecule has 0 fully saturated rings. The molecule has 0 saturated carbocycles. The highest BCUT2D eigenvalue weighted by Gasteiger charge is 2.30. The molecule has 21 heavy (non-hydrogen) atoms. The van der Waals surface area contributed by atoms with Crippen molar-refractivity contribution in [2.24, 2.45) is 0 Å². The number of alkyl halides is 3. The highest BCUT2D eigenvalue weighted by Crippen LogP contribution is 2.32. The van der Waals surface area contributed by atoms with Gasteiger partial charge in [0, 0.05) is 6.54 Å². The van der Waals surface area contributed by atoms with Gasteiger partial charge in [0.1, 0.15) is 12.4 Å². The molecule has 0 atom stereocenters. The summed E-state index contributed by atoms with van der Waals surface area (Å²) in [6.07, 6.45) is -4.39. The summed E-state index contributed by atoms with van der Waals surface area (Å²) < 4.78 is 43.0. The minimum Gasteiger partial charge on any atom is -0.492 e. The van der Waals surface area contributed by atoms with E-state index in [1.807, 2.05) is 30.3 Å². The molecule has 0 unspecified atom stereocenters. The summed E-state index contributed by atoms with van der Waals surface area (Å²) in [6.45, 7) is 0.814. The summed E-state index contributed by atoms with van der Waals surface area (Å²) in [6, 6.07) is 12.5. The molecule has 0 aliphatic heterocycles. The van der Waals surface area contributed by atoms with Gasteiger partial charge in [-0.1, -0.05) is 18.2 Å². The Kier molecular flexibility index (Phi) is 4.57. The minimum atomic E-state index is -4.39. The molecule has 0 aliphatic rings. The number of hydrogen-bond acceptors (Lipinski definition) is 3.